The molecular weight excluding hydrogens is 380 g/mol. The Morgan fingerprint density at radius 1 is 1.36 bits per heavy atom. The fourth-order valence-electron chi connectivity index (χ4n) is 3.73. The molecule has 1 amide bonds. The van der Waals surface area contributed by atoms with Crippen LogP contribution in [0.1, 0.15) is 29.0 Å². The van der Waals surface area contributed by atoms with Crippen LogP contribution >= 0.6 is 0 Å². The number of fused-ring (bicyclic) bond motifs is 1. The number of aryl methyl sites for hydroxylation is 1. The molecule has 1 aliphatic heterocycles. The van der Waals surface area contributed by atoms with Crippen LogP contribution in [0.2, 0.25) is 0 Å². The number of sulfonamides is 1. The van der Waals surface area contributed by atoms with E-state index in [0.717, 1.165) is 23.9 Å². The molecule has 4 rings (SSSR count). The fourth-order valence-corrected chi connectivity index (χ4v) is 4.44. The summed E-state index contributed by atoms with van der Waals surface area (Å²) in [5.41, 5.74) is 2.24. The van der Waals surface area contributed by atoms with E-state index in [-0.39, 0.29) is 22.6 Å². The number of benzene rings is 1. The number of carbonyl (C=O) groups is 1. The molecule has 148 valence electrons. The quantitative estimate of drug-likeness (QED) is 0.705. The van der Waals surface area contributed by atoms with E-state index in [1.165, 1.54) is 13.1 Å². The van der Waals surface area contributed by atoms with Gasteiger partial charge in [-0.05, 0) is 38.9 Å². The summed E-state index contributed by atoms with van der Waals surface area (Å²) in [6.45, 7) is 2.88. The van der Waals surface area contributed by atoms with Crippen molar-refractivity contribution in [2.45, 2.75) is 37.4 Å². The molecule has 9 heteroatoms. The summed E-state index contributed by atoms with van der Waals surface area (Å²) in [4.78, 5) is 19.3. The van der Waals surface area contributed by atoms with E-state index in [2.05, 4.69) is 14.3 Å². The maximum atomic E-state index is 13.1. The molecule has 8 nitrogen and oxygen atoms in total. The van der Waals surface area contributed by atoms with Crippen LogP contribution in [0.5, 0.6) is 0 Å². The van der Waals surface area contributed by atoms with Crippen LogP contribution in [-0.4, -0.2) is 48.4 Å². The van der Waals surface area contributed by atoms with Gasteiger partial charge in [0.25, 0.3) is 15.9 Å². The summed E-state index contributed by atoms with van der Waals surface area (Å²) in [5, 5.41) is -0.243. The highest BCUT2D eigenvalue weighted by atomic mass is 32.2. The smallest absolute Gasteiger partial charge is 0.273 e. The number of imidazole rings is 1. The molecule has 1 aromatic carbocycles. The maximum Gasteiger partial charge on any atom is 0.273 e. The van der Waals surface area contributed by atoms with Crippen LogP contribution in [-0.2, 0) is 16.6 Å². The minimum absolute atomic E-state index is 0.0174. The lowest BCUT2D eigenvalue weighted by Gasteiger charge is -2.25. The van der Waals surface area contributed by atoms with E-state index in [0.29, 0.717) is 18.8 Å². The van der Waals surface area contributed by atoms with Crippen molar-refractivity contribution in [3.63, 3.8) is 0 Å². The number of nitrogens with zero attached hydrogens (tertiary/aromatic N) is 3. The lowest BCUT2D eigenvalue weighted by atomic mass is 10.2. The van der Waals surface area contributed by atoms with Crippen LogP contribution in [0.25, 0.3) is 11.0 Å². The van der Waals surface area contributed by atoms with Gasteiger partial charge in [0, 0.05) is 19.2 Å². The Morgan fingerprint density at radius 3 is 2.93 bits per heavy atom. The summed E-state index contributed by atoms with van der Waals surface area (Å²) in [6, 6.07) is 9.22. The predicted octanol–water partition coefficient (Wildman–Crippen LogP) is 2.15. The van der Waals surface area contributed by atoms with Crippen LogP contribution in [0.3, 0.4) is 0 Å². The Kier molecular flexibility index (Phi) is 4.72. The van der Waals surface area contributed by atoms with Gasteiger partial charge in [-0.3, -0.25) is 4.79 Å². The Morgan fingerprint density at radius 2 is 2.14 bits per heavy atom. The van der Waals surface area contributed by atoms with Crippen LogP contribution in [0.4, 0.5) is 0 Å². The topological polar surface area (TPSA) is 97.4 Å². The standard InChI is InChI=1S/C19H22N4O4S/c1-13-15(10-18(27-13)28(25,26)20-2)19(24)23-9-5-6-14(23)11-22-12-21-16-7-3-4-8-17(16)22/h3-4,7-8,10,12,14,20H,5-6,9,11H2,1-2H3. The molecular formula is C19H22N4O4S. The van der Waals surface area contributed by atoms with Gasteiger partial charge < -0.3 is 13.9 Å². The lowest BCUT2D eigenvalue weighted by Crippen LogP contribution is -2.38. The number of likely N-dealkylation sites (tertiary alicyclic amines) is 1. The molecule has 2 aromatic heterocycles. The van der Waals surface area contributed by atoms with Gasteiger partial charge in [-0.15, -0.1) is 0 Å². The molecule has 1 saturated heterocycles. The van der Waals surface area contributed by atoms with Gasteiger partial charge in [-0.25, -0.2) is 18.1 Å². The second kappa shape index (κ2) is 7.06. The molecule has 3 aromatic rings. The Bertz CT molecular complexity index is 1130. The average molecular weight is 402 g/mol. The summed E-state index contributed by atoms with van der Waals surface area (Å²) in [7, 11) is -2.43. The van der Waals surface area contributed by atoms with E-state index in [1.807, 2.05) is 29.2 Å². The zero-order valence-electron chi connectivity index (χ0n) is 15.8. The van der Waals surface area contributed by atoms with Crippen molar-refractivity contribution in [2.75, 3.05) is 13.6 Å². The first kappa shape index (κ1) is 18.7. The number of amides is 1. The predicted molar refractivity (Wildman–Crippen MR) is 103 cm³/mol. The van der Waals surface area contributed by atoms with Crippen molar-refractivity contribution in [3.05, 3.63) is 48.0 Å². The van der Waals surface area contributed by atoms with Crippen molar-refractivity contribution in [3.8, 4) is 0 Å². The SMILES string of the molecule is CNS(=O)(=O)c1cc(C(=O)N2CCCC2Cn2cnc3ccccc32)c(C)o1. The normalized spacial score (nSPS) is 17.5. The second-order valence-corrected chi connectivity index (χ2v) is 8.74. The second-order valence-electron chi connectivity index (χ2n) is 6.92. The van der Waals surface area contributed by atoms with Gasteiger partial charge in [0.1, 0.15) is 5.76 Å². The van der Waals surface area contributed by atoms with Crippen molar-refractivity contribution in [1.82, 2.24) is 19.2 Å². The molecule has 0 aliphatic carbocycles. The highest BCUT2D eigenvalue weighted by Crippen LogP contribution is 2.26. The molecule has 0 spiro atoms. The summed E-state index contributed by atoms with van der Waals surface area (Å²) in [6.07, 6.45) is 3.59. The molecule has 1 N–H and O–H groups in total. The van der Waals surface area contributed by atoms with Gasteiger partial charge in [0.05, 0.1) is 29.0 Å². The van der Waals surface area contributed by atoms with Crippen molar-refractivity contribution < 1.29 is 17.6 Å². The van der Waals surface area contributed by atoms with E-state index >= 15 is 0 Å². The van der Waals surface area contributed by atoms with Crippen molar-refractivity contribution in [1.29, 1.82) is 0 Å². The molecule has 1 unspecified atom stereocenters. The number of aromatic nitrogens is 2. The molecule has 0 radical (unpaired) electrons. The van der Waals surface area contributed by atoms with Gasteiger partial charge in [0.15, 0.2) is 0 Å². The molecule has 1 aliphatic rings. The van der Waals surface area contributed by atoms with Gasteiger partial charge in [0.2, 0.25) is 5.09 Å². The number of carbonyl (C=O) groups excluding carboxylic acids is 1. The Balaban J connectivity index is 1.59. The summed E-state index contributed by atoms with van der Waals surface area (Å²) >= 11 is 0. The maximum absolute atomic E-state index is 13.1. The first-order chi connectivity index (χ1) is 13.4. The number of rotatable bonds is 5. The number of hydrogen-bond donors (Lipinski definition) is 1. The third kappa shape index (κ3) is 3.20. The van der Waals surface area contributed by atoms with Crippen LogP contribution in [0.15, 0.2) is 46.2 Å². The minimum atomic E-state index is -3.74. The molecule has 28 heavy (non-hydrogen) atoms. The van der Waals surface area contributed by atoms with Crippen molar-refractivity contribution in [2.24, 2.45) is 0 Å². The Hall–Kier alpha value is -2.65. The first-order valence-electron chi connectivity index (χ1n) is 9.15. The molecule has 3 heterocycles. The molecule has 0 bridgehead atoms. The largest absolute Gasteiger partial charge is 0.448 e. The lowest BCUT2D eigenvalue weighted by molar-refractivity contribution is 0.0723. The van der Waals surface area contributed by atoms with Crippen molar-refractivity contribution >= 4 is 27.0 Å². The van der Waals surface area contributed by atoms with Crippen LogP contribution < -0.4 is 4.72 Å². The fraction of sp³-hybridized carbons (Fsp3) is 0.368. The number of para-hydroxylation sites is 2. The summed E-state index contributed by atoms with van der Waals surface area (Å²) < 4.78 is 33.5. The van der Waals surface area contributed by atoms with Gasteiger partial charge in [-0.1, -0.05) is 12.1 Å². The molecule has 1 atom stereocenters. The summed E-state index contributed by atoms with van der Waals surface area (Å²) in [5.74, 6) is 0.100. The monoisotopic (exact) mass is 402 g/mol. The van der Waals surface area contributed by atoms with E-state index in [1.54, 1.807) is 13.3 Å². The van der Waals surface area contributed by atoms with Crippen LogP contribution in [0, 0.1) is 6.92 Å². The number of nitrogens with one attached hydrogen (secondary N) is 1. The minimum Gasteiger partial charge on any atom is -0.448 e. The third-order valence-corrected chi connectivity index (χ3v) is 6.50. The van der Waals surface area contributed by atoms with Gasteiger partial charge in [-0.2, -0.15) is 0 Å². The van der Waals surface area contributed by atoms with Gasteiger partial charge >= 0.3 is 0 Å². The van der Waals surface area contributed by atoms with E-state index < -0.39 is 10.0 Å². The number of furan rings is 1. The Labute approximate surface area is 163 Å². The average Bonchev–Trinajstić information content (AvgIpc) is 3.41. The van der Waals surface area contributed by atoms with E-state index in [4.69, 9.17) is 4.42 Å². The highest BCUT2D eigenvalue weighted by Gasteiger charge is 2.33. The third-order valence-electron chi connectivity index (χ3n) is 5.23. The zero-order valence-corrected chi connectivity index (χ0v) is 16.6. The molecule has 1 fully saturated rings. The zero-order chi connectivity index (χ0) is 19.9. The van der Waals surface area contributed by atoms with E-state index in [9.17, 15) is 13.2 Å². The first-order valence-corrected chi connectivity index (χ1v) is 10.6. The highest BCUT2D eigenvalue weighted by molar-refractivity contribution is 7.89. The number of hydrogen-bond acceptors (Lipinski definition) is 5. The molecule has 0 saturated carbocycles.